The highest BCUT2D eigenvalue weighted by Gasteiger charge is 2.40. The van der Waals surface area contributed by atoms with Gasteiger partial charge in [-0.1, -0.05) is 43.2 Å². The number of hydrogen-bond acceptors (Lipinski definition) is 5. The summed E-state index contributed by atoms with van der Waals surface area (Å²) in [7, 11) is 0. The van der Waals surface area contributed by atoms with E-state index in [1.165, 1.54) is 12.3 Å². The molecule has 3 heterocycles. The van der Waals surface area contributed by atoms with Crippen molar-refractivity contribution in [1.82, 2.24) is 14.7 Å². The summed E-state index contributed by atoms with van der Waals surface area (Å²) in [6.45, 7) is 2.05. The van der Waals surface area contributed by atoms with Crippen LogP contribution in [0.3, 0.4) is 0 Å². The van der Waals surface area contributed by atoms with Gasteiger partial charge in [-0.25, -0.2) is 4.39 Å². The van der Waals surface area contributed by atoms with Crippen LogP contribution in [0.4, 0.5) is 4.39 Å². The summed E-state index contributed by atoms with van der Waals surface area (Å²) in [6, 6.07) is 17.4. The molecular formula is C32H32FN3O4S. The lowest BCUT2D eigenvalue weighted by atomic mass is 9.92. The normalized spacial score (nSPS) is 22.1. The third kappa shape index (κ3) is 5.81. The number of fused-ring (bicyclic) bond motifs is 1. The smallest absolute Gasteiger partial charge is 0.289 e. The van der Waals surface area contributed by atoms with Gasteiger partial charge in [0.2, 0.25) is 0 Å². The van der Waals surface area contributed by atoms with Crippen LogP contribution in [0.2, 0.25) is 0 Å². The standard InChI is InChI=1S/C32H32FN3O4S/c33-25-7-2-1-6-24(25)21-36-26-8-3-4-10-28(26)41-29(32(36)39)20-22-11-13-23(14-12-22)30(37)34-15-17-35(18-16-34)31(38)27-9-5-19-40-27/h1-2,5-7,9,11-14,19-20,26,28H,3-4,8,10,15-18,21H2/b29-20-. The lowest BCUT2D eigenvalue weighted by molar-refractivity contribution is -0.130. The average molecular weight is 574 g/mol. The van der Waals surface area contributed by atoms with Gasteiger partial charge in [-0.3, -0.25) is 14.4 Å². The SMILES string of the molecule is O=C(c1ccc(/C=C2\SC3CCCCC3N(Cc3ccccc3F)C2=O)cc1)N1CCN(C(=O)c2ccco2)CC1. The molecule has 7 nitrogen and oxygen atoms in total. The lowest BCUT2D eigenvalue weighted by Crippen LogP contribution is -2.50. The highest BCUT2D eigenvalue weighted by molar-refractivity contribution is 8.04. The van der Waals surface area contributed by atoms with Crippen LogP contribution in [-0.2, 0) is 11.3 Å². The molecule has 0 radical (unpaired) electrons. The van der Waals surface area contributed by atoms with Crippen molar-refractivity contribution in [3.63, 3.8) is 0 Å². The maximum Gasteiger partial charge on any atom is 0.289 e. The fourth-order valence-corrected chi connectivity index (χ4v) is 7.37. The third-order valence-corrected chi connectivity index (χ3v) is 9.56. The second kappa shape index (κ2) is 11.9. The van der Waals surface area contributed by atoms with Crippen LogP contribution in [0.15, 0.2) is 76.2 Å². The highest BCUT2D eigenvalue weighted by atomic mass is 32.2. The molecule has 3 aliphatic rings. The molecule has 2 aliphatic heterocycles. The molecular weight excluding hydrogens is 541 g/mol. The number of rotatable bonds is 5. The molecule has 2 saturated heterocycles. The number of thioether (sulfide) groups is 1. The maximum atomic E-state index is 14.5. The first-order chi connectivity index (χ1) is 20.0. The van der Waals surface area contributed by atoms with Crippen molar-refractivity contribution in [1.29, 1.82) is 0 Å². The fraction of sp³-hybridized carbons (Fsp3) is 0.344. The van der Waals surface area contributed by atoms with E-state index < -0.39 is 0 Å². The number of amides is 3. The number of halogens is 1. The molecule has 1 aromatic heterocycles. The molecule has 1 saturated carbocycles. The molecule has 0 bridgehead atoms. The molecule has 2 unspecified atom stereocenters. The summed E-state index contributed by atoms with van der Waals surface area (Å²) in [5.74, 6) is -0.302. The highest BCUT2D eigenvalue weighted by Crippen LogP contribution is 2.42. The van der Waals surface area contributed by atoms with E-state index in [0.717, 1.165) is 31.2 Å². The summed E-state index contributed by atoms with van der Waals surface area (Å²) >= 11 is 1.63. The van der Waals surface area contributed by atoms with Gasteiger partial charge >= 0.3 is 0 Å². The van der Waals surface area contributed by atoms with E-state index in [9.17, 15) is 18.8 Å². The second-order valence-electron chi connectivity index (χ2n) is 10.7. The largest absolute Gasteiger partial charge is 0.459 e. The van der Waals surface area contributed by atoms with Crippen LogP contribution in [-0.4, -0.2) is 69.9 Å². The van der Waals surface area contributed by atoms with Crippen molar-refractivity contribution >= 4 is 35.6 Å². The van der Waals surface area contributed by atoms with E-state index in [1.807, 2.05) is 23.1 Å². The number of piperazine rings is 1. The lowest BCUT2D eigenvalue weighted by Gasteiger charge is -2.44. The van der Waals surface area contributed by atoms with Gasteiger partial charge in [0.05, 0.1) is 11.2 Å². The number of carbonyl (C=O) groups excluding carboxylic acids is 3. The van der Waals surface area contributed by atoms with E-state index in [-0.39, 0.29) is 36.1 Å². The summed E-state index contributed by atoms with van der Waals surface area (Å²) in [6.07, 6.45) is 7.54. The maximum absolute atomic E-state index is 14.5. The van der Waals surface area contributed by atoms with Crippen molar-refractivity contribution in [3.05, 3.63) is 100 Å². The van der Waals surface area contributed by atoms with Crippen LogP contribution >= 0.6 is 11.8 Å². The zero-order chi connectivity index (χ0) is 28.3. The van der Waals surface area contributed by atoms with Crippen LogP contribution < -0.4 is 0 Å². The minimum absolute atomic E-state index is 0.0662. The first-order valence-corrected chi connectivity index (χ1v) is 15.0. The average Bonchev–Trinajstić information content (AvgIpc) is 3.55. The van der Waals surface area contributed by atoms with Crippen molar-refractivity contribution < 1.29 is 23.2 Å². The summed E-state index contributed by atoms with van der Waals surface area (Å²) in [5.41, 5.74) is 1.94. The van der Waals surface area contributed by atoms with E-state index in [4.69, 9.17) is 4.42 Å². The fourth-order valence-electron chi connectivity index (χ4n) is 5.90. The molecule has 3 aromatic rings. The van der Waals surface area contributed by atoms with Gasteiger partial charge in [0, 0.05) is 55.1 Å². The molecule has 0 N–H and O–H groups in total. The van der Waals surface area contributed by atoms with Crippen LogP contribution in [0, 0.1) is 5.82 Å². The Morgan fingerprint density at radius 1 is 0.902 bits per heavy atom. The van der Waals surface area contributed by atoms with Gasteiger partial charge in [0.15, 0.2) is 5.76 Å². The number of carbonyl (C=O) groups is 3. The topological polar surface area (TPSA) is 74.1 Å². The second-order valence-corrected chi connectivity index (χ2v) is 12.0. The first-order valence-electron chi connectivity index (χ1n) is 14.1. The van der Waals surface area contributed by atoms with Crippen molar-refractivity contribution in [2.45, 2.75) is 43.5 Å². The Balaban J connectivity index is 1.13. The summed E-state index contributed by atoms with van der Waals surface area (Å²) in [4.78, 5) is 45.3. The van der Waals surface area contributed by atoms with Gasteiger partial charge < -0.3 is 19.1 Å². The van der Waals surface area contributed by atoms with Crippen molar-refractivity contribution in [3.8, 4) is 0 Å². The van der Waals surface area contributed by atoms with Crippen LogP contribution in [0.25, 0.3) is 6.08 Å². The molecule has 9 heteroatoms. The molecule has 41 heavy (non-hydrogen) atoms. The molecule has 2 aromatic carbocycles. The zero-order valence-corrected chi connectivity index (χ0v) is 23.5. The van der Waals surface area contributed by atoms with E-state index in [2.05, 4.69) is 0 Å². The quantitative estimate of drug-likeness (QED) is 0.380. The van der Waals surface area contributed by atoms with Gasteiger partial charge in [0.1, 0.15) is 5.82 Å². The molecule has 3 amide bonds. The molecule has 6 rings (SSSR count). The Kier molecular flexibility index (Phi) is 7.96. The Hall–Kier alpha value is -3.85. The van der Waals surface area contributed by atoms with E-state index in [0.29, 0.717) is 53.2 Å². The molecule has 2 atom stereocenters. The van der Waals surface area contributed by atoms with E-state index >= 15 is 0 Å². The molecule has 1 aliphatic carbocycles. The number of furan rings is 1. The van der Waals surface area contributed by atoms with Crippen molar-refractivity contribution in [2.24, 2.45) is 0 Å². The number of nitrogens with zero attached hydrogens (tertiary/aromatic N) is 3. The van der Waals surface area contributed by atoms with Crippen molar-refractivity contribution in [2.75, 3.05) is 26.2 Å². The minimum Gasteiger partial charge on any atom is -0.459 e. The predicted octanol–water partition coefficient (Wildman–Crippen LogP) is 5.44. The third-order valence-electron chi connectivity index (χ3n) is 8.16. The monoisotopic (exact) mass is 573 g/mol. The van der Waals surface area contributed by atoms with Gasteiger partial charge in [0.25, 0.3) is 17.7 Å². The Labute approximate surface area is 243 Å². The first kappa shape index (κ1) is 27.3. The number of benzene rings is 2. The van der Waals surface area contributed by atoms with Crippen LogP contribution in [0.1, 0.15) is 57.7 Å². The van der Waals surface area contributed by atoms with Gasteiger partial charge in [-0.15, -0.1) is 11.8 Å². The minimum atomic E-state index is -0.290. The van der Waals surface area contributed by atoms with Gasteiger partial charge in [-0.2, -0.15) is 0 Å². The van der Waals surface area contributed by atoms with E-state index in [1.54, 1.807) is 64.0 Å². The van der Waals surface area contributed by atoms with Gasteiger partial charge in [-0.05, 0) is 54.8 Å². The predicted molar refractivity (Wildman–Crippen MR) is 156 cm³/mol. The summed E-state index contributed by atoms with van der Waals surface area (Å²) in [5, 5.41) is 0.290. The molecule has 212 valence electrons. The molecule has 0 spiro atoms. The Morgan fingerprint density at radius 2 is 1.61 bits per heavy atom. The Bertz CT molecular complexity index is 1450. The zero-order valence-electron chi connectivity index (χ0n) is 22.7. The Morgan fingerprint density at radius 3 is 2.32 bits per heavy atom. The summed E-state index contributed by atoms with van der Waals surface area (Å²) < 4.78 is 19.7. The van der Waals surface area contributed by atoms with Crippen LogP contribution in [0.5, 0.6) is 0 Å². The molecule has 3 fully saturated rings. The number of hydrogen-bond donors (Lipinski definition) is 0.